The summed E-state index contributed by atoms with van der Waals surface area (Å²) in [5.74, 6) is -1.21. The van der Waals surface area contributed by atoms with Gasteiger partial charge in [0.25, 0.3) is 0 Å². The summed E-state index contributed by atoms with van der Waals surface area (Å²) in [5, 5.41) is 2.96. The Balaban J connectivity index is 2.39. The predicted octanol–water partition coefficient (Wildman–Crippen LogP) is 3.64. The first-order valence-corrected chi connectivity index (χ1v) is 9.73. The summed E-state index contributed by atoms with van der Waals surface area (Å²) >= 11 is 6.93. The van der Waals surface area contributed by atoms with Crippen LogP contribution in [0.15, 0.2) is 33.3 Å². The Morgan fingerprint density at radius 3 is 2.48 bits per heavy atom. The molecule has 0 aliphatic heterocycles. The number of rotatable bonds is 8. The summed E-state index contributed by atoms with van der Waals surface area (Å²) in [6, 6.07) is 6.10. The number of benzene rings is 1. The van der Waals surface area contributed by atoms with Crippen LogP contribution in [0.3, 0.4) is 0 Å². The lowest BCUT2D eigenvalue weighted by Gasteiger charge is -2.13. The zero-order valence-corrected chi connectivity index (χ0v) is 18.0. The van der Waals surface area contributed by atoms with Crippen LogP contribution in [-0.4, -0.2) is 36.8 Å². The van der Waals surface area contributed by atoms with Crippen LogP contribution in [-0.2, 0) is 27.4 Å². The third kappa shape index (κ3) is 5.40. The number of hydrogen-bond acceptors (Lipinski definition) is 5. The van der Waals surface area contributed by atoms with Crippen molar-refractivity contribution in [1.29, 1.82) is 0 Å². The van der Waals surface area contributed by atoms with Crippen LogP contribution in [0.2, 0.25) is 0 Å². The smallest absolute Gasteiger partial charge is 0.341 e. The molecule has 0 unspecified atom stereocenters. The zero-order chi connectivity index (χ0) is 20.0. The second kappa shape index (κ2) is 10.0. The second-order valence-corrected chi connectivity index (χ2v) is 7.08. The van der Waals surface area contributed by atoms with E-state index in [0.29, 0.717) is 26.9 Å². The summed E-state index contributed by atoms with van der Waals surface area (Å²) in [5.41, 5.74) is 1.84. The van der Waals surface area contributed by atoms with Crippen LogP contribution in [0.1, 0.15) is 28.5 Å². The minimum atomic E-state index is -0.474. The maximum Gasteiger partial charge on any atom is 0.341 e. The van der Waals surface area contributed by atoms with Gasteiger partial charge < -0.3 is 19.4 Å². The molecule has 0 saturated carbocycles. The number of aromatic nitrogens is 1. The first kappa shape index (κ1) is 21.6. The van der Waals surface area contributed by atoms with Gasteiger partial charge in [-0.1, -0.05) is 12.1 Å². The van der Waals surface area contributed by atoms with E-state index in [0.717, 1.165) is 5.56 Å². The molecule has 1 heterocycles. The molecule has 0 radical (unpaired) electrons. The molecule has 27 heavy (non-hydrogen) atoms. The summed E-state index contributed by atoms with van der Waals surface area (Å²) in [6.07, 6.45) is 0. The zero-order valence-electron chi connectivity index (χ0n) is 14.9. The summed E-state index contributed by atoms with van der Waals surface area (Å²) in [6.45, 7) is 2.59. The number of nitrogens with zero attached hydrogens (tertiary/aromatic N) is 1. The van der Waals surface area contributed by atoms with Gasteiger partial charge in [0.2, 0.25) is 0 Å². The van der Waals surface area contributed by atoms with Crippen LogP contribution < -0.4 is 5.32 Å². The Morgan fingerprint density at radius 1 is 1.22 bits per heavy atom. The maximum absolute atomic E-state index is 13.2. The highest BCUT2D eigenvalue weighted by molar-refractivity contribution is 9.13. The van der Waals surface area contributed by atoms with Crippen molar-refractivity contribution in [2.75, 3.05) is 20.3 Å². The van der Waals surface area contributed by atoms with Crippen LogP contribution in [0.5, 0.6) is 0 Å². The fourth-order valence-corrected chi connectivity index (χ4v) is 3.63. The minimum Gasteiger partial charge on any atom is -0.468 e. The van der Waals surface area contributed by atoms with Gasteiger partial charge in [0.15, 0.2) is 0 Å². The summed E-state index contributed by atoms with van der Waals surface area (Å²) in [7, 11) is 1.30. The van der Waals surface area contributed by atoms with Gasteiger partial charge >= 0.3 is 11.9 Å². The van der Waals surface area contributed by atoms with Crippen molar-refractivity contribution in [2.45, 2.75) is 20.0 Å². The van der Waals surface area contributed by atoms with Crippen molar-refractivity contribution in [1.82, 2.24) is 9.88 Å². The molecule has 146 valence electrons. The van der Waals surface area contributed by atoms with Crippen molar-refractivity contribution in [2.24, 2.45) is 0 Å². The van der Waals surface area contributed by atoms with E-state index in [9.17, 15) is 14.0 Å². The number of nitrogens with one attached hydrogen (secondary N) is 1. The molecule has 0 aliphatic carbocycles. The Labute approximate surface area is 173 Å². The molecule has 9 heteroatoms. The Hall–Kier alpha value is -1.71. The predicted molar refractivity (Wildman–Crippen MR) is 105 cm³/mol. The SMILES string of the molecule is CCOC(=O)c1c(Br)c(Br)n(Cc2ccc(F)cc2)c1CNCC(=O)OC. The summed E-state index contributed by atoms with van der Waals surface area (Å²) in [4.78, 5) is 23.8. The van der Waals surface area contributed by atoms with Crippen LogP contribution in [0, 0.1) is 5.82 Å². The molecule has 0 fully saturated rings. The highest BCUT2D eigenvalue weighted by atomic mass is 79.9. The van der Waals surface area contributed by atoms with Crippen LogP contribution in [0.25, 0.3) is 0 Å². The number of ether oxygens (including phenoxy) is 2. The second-order valence-electron chi connectivity index (χ2n) is 5.54. The molecule has 1 N–H and O–H groups in total. The molecule has 2 aromatic rings. The van der Waals surface area contributed by atoms with E-state index in [2.05, 4.69) is 41.9 Å². The van der Waals surface area contributed by atoms with Gasteiger partial charge in [-0.25, -0.2) is 9.18 Å². The van der Waals surface area contributed by atoms with Gasteiger partial charge in [-0.15, -0.1) is 0 Å². The van der Waals surface area contributed by atoms with E-state index >= 15 is 0 Å². The average Bonchev–Trinajstić information content (AvgIpc) is 2.88. The van der Waals surface area contributed by atoms with Gasteiger partial charge in [0.05, 0.1) is 30.3 Å². The van der Waals surface area contributed by atoms with Crippen molar-refractivity contribution in [3.8, 4) is 0 Å². The number of halogens is 3. The lowest BCUT2D eigenvalue weighted by atomic mass is 10.2. The third-order valence-corrected chi connectivity index (χ3v) is 5.90. The normalized spacial score (nSPS) is 10.7. The molecule has 1 aromatic heterocycles. The number of esters is 2. The number of methoxy groups -OCH3 is 1. The molecule has 0 aliphatic rings. The van der Waals surface area contributed by atoms with Crippen molar-refractivity contribution < 1.29 is 23.5 Å². The quantitative estimate of drug-likeness (QED) is 0.555. The van der Waals surface area contributed by atoms with Crippen molar-refractivity contribution in [3.05, 3.63) is 56.0 Å². The molecule has 1 aromatic carbocycles. The lowest BCUT2D eigenvalue weighted by molar-refractivity contribution is -0.139. The first-order valence-electron chi connectivity index (χ1n) is 8.14. The highest BCUT2D eigenvalue weighted by Crippen LogP contribution is 2.34. The monoisotopic (exact) mass is 504 g/mol. The van der Waals surface area contributed by atoms with Gasteiger partial charge in [-0.3, -0.25) is 4.79 Å². The Morgan fingerprint density at radius 2 is 1.89 bits per heavy atom. The summed E-state index contributed by atoms with van der Waals surface area (Å²) < 4.78 is 26.0. The fourth-order valence-electron chi connectivity index (χ4n) is 2.49. The number of carbonyl (C=O) groups excluding carboxylic acids is 2. The van der Waals surface area contributed by atoms with E-state index in [-0.39, 0.29) is 25.5 Å². The van der Waals surface area contributed by atoms with Gasteiger partial charge in [-0.2, -0.15) is 0 Å². The van der Waals surface area contributed by atoms with Crippen LogP contribution >= 0.6 is 31.9 Å². The molecule has 6 nitrogen and oxygen atoms in total. The molecule has 2 rings (SSSR count). The molecule has 0 spiro atoms. The molecule has 0 bridgehead atoms. The third-order valence-electron chi connectivity index (χ3n) is 3.77. The topological polar surface area (TPSA) is 69.6 Å². The first-order chi connectivity index (χ1) is 12.9. The van der Waals surface area contributed by atoms with E-state index in [1.807, 2.05) is 4.57 Å². The van der Waals surface area contributed by atoms with Gasteiger partial charge in [-0.05, 0) is 56.5 Å². The average molecular weight is 506 g/mol. The molecule has 0 atom stereocenters. The number of carbonyl (C=O) groups is 2. The fraction of sp³-hybridized carbons (Fsp3) is 0.333. The van der Waals surface area contributed by atoms with Crippen LogP contribution in [0.4, 0.5) is 4.39 Å². The number of hydrogen-bond donors (Lipinski definition) is 1. The van der Waals surface area contributed by atoms with E-state index < -0.39 is 11.9 Å². The lowest BCUT2D eigenvalue weighted by Crippen LogP contribution is -2.26. The molecule has 0 amide bonds. The van der Waals surface area contributed by atoms with Crippen molar-refractivity contribution >= 4 is 43.8 Å². The van der Waals surface area contributed by atoms with E-state index in [1.165, 1.54) is 19.2 Å². The van der Waals surface area contributed by atoms with Crippen molar-refractivity contribution in [3.63, 3.8) is 0 Å². The Kier molecular flexibility index (Phi) is 8.00. The molecule has 0 saturated heterocycles. The van der Waals surface area contributed by atoms with E-state index in [1.54, 1.807) is 19.1 Å². The molecular weight excluding hydrogens is 487 g/mol. The Bertz CT molecular complexity index is 822. The van der Waals surface area contributed by atoms with Gasteiger partial charge in [0.1, 0.15) is 10.4 Å². The largest absolute Gasteiger partial charge is 0.468 e. The van der Waals surface area contributed by atoms with E-state index in [4.69, 9.17) is 4.74 Å². The molecular formula is C18H19Br2FN2O4. The minimum absolute atomic E-state index is 0.00423. The standard InChI is InChI=1S/C18H19Br2FN2O4/c1-3-27-18(25)15-13(8-22-9-14(24)26-2)23(17(20)16(15)19)10-11-4-6-12(21)7-5-11/h4-7,22H,3,8-10H2,1-2H3. The highest BCUT2D eigenvalue weighted by Gasteiger charge is 2.26. The maximum atomic E-state index is 13.2. The van der Waals surface area contributed by atoms with Gasteiger partial charge in [0, 0.05) is 18.8 Å².